The second-order valence-electron chi connectivity index (χ2n) is 5.33. The van der Waals surface area contributed by atoms with Gasteiger partial charge in [-0.3, -0.25) is 25.7 Å². The van der Waals surface area contributed by atoms with Gasteiger partial charge in [0, 0.05) is 23.7 Å². The lowest BCUT2D eigenvalue weighted by atomic mass is 10.2. The van der Waals surface area contributed by atoms with Gasteiger partial charge in [0.25, 0.3) is 5.69 Å². The van der Waals surface area contributed by atoms with E-state index in [1.807, 2.05) is 0 Å². The Labute approximate surface area is 161 Å². The summed E-state index contributed by atoms with van der Waals surface area (Å²) in [5.74, 6) is 0.478. The van der Waals surface area contributed by atoms with Crippen molar-refractivity contribution in [2.75, 3.05) is 5.43 Å². The fourth-order valence-corrected chi connectivity index (χ4v) is 2.36. The standard InChI is InChI=1S/C15H11ClN8O4/c16-10-1-3-11(4-2-10)22-15(19-20-21-22)7-8-17-18-13-6-5-12(23(25)26)9-14(13)24(27)28/h1-6,8-9,18H,7H2. The molecule has 0 aliphatic carbocycles. The summed E-state index contributed by atoms with van der Waals surface area (Å²) in [6, 6.07) is 10.1. The predicted octanol–water partition coefficient (Wildman–Crippen LogP) is 2.77. The molecular weight excluding hydrogens is 392 g/mol. The average Bonchev–Trinajstić information content (AvgIpc) is 3.14. The highest BCUT2D eigenvalue weighted by Crippen LogP contribution is 2.28. The van der Waals surface area contributed by atoms with Gasteiger partial charge in [0.2, 0.25) is 0 Å². The molecule has 0 aliphatic heterocycles. The minimum atomic E-state index is -0.730. The van der Waals surface area contributed by atoms with Gasteiger partial charge in [0.15, 0.2) is 5.82 Å². The molecule has 0 fully saturated rings. The number of non-ortho nitro benzene ring substituents is 1. The summed E-state index contributed by atoms with van der Waals surface area (Å²) in [7, 11) is 0. The van der Waals surface area contributed by atoms with Crippen LogP contribution in [-0.4, -0.2) is 36.3 Å². The van der Waals surface area contributed by atoms with Crippen molar-refractivity contribution < 1.29 is 9.85 Å². The number of nitro groups is 2. The van der Waals surface area contributed by atoms with E-state index in [4.69, 9.17) is 11.6 Å². The first kappa shape index (κ1) is 18.8. The Morgan fingerprint density at radius 2 is 1.89 bits per heavy atom. The van der Waals surface area contributed by atoms with Crippen LogP contribution in [0, 0.1) is 20.2 Å². The van der Waals surface area contributed by atoms with Crippen LogP contribution in [0.25, 0.3) is 5.69 Å². The van der Waals surface area contributed by atoms with Gasteiger partial charge >= 0.3 is 5.69 Å². The van der Waals surface area contributed by atoms with Crippen molar-refractivity contribution in [3.05, 3.63) is 73.5 Å². The van der Waals surface area contributed by atoms with Crippen LogP contribution in [0.1, 0.15) is 5.82 Å². The molecule has 3 aromatic rings. The van der Waals surface area contributed by atoms with Crippen LogP contribution in [0.15, 0.2) is 47.6 Å². The van der Waals surface area contributed by atoms with Crippen LogP contribution in [0.3, 0.4) is 0 Å². The summed E-state index contributed by atoms with van der Waals surface area (Å²) in [5, 5.41) is 37.7. The van der Waals surface area contributed by atoms with Crippen LogP contribution in [-0.2, 0) is 6.42 Å². The van der Waals surface area contributed by atoms with Crippen LogP contribution >= 0.6 is 11.6 Å². The highest BCUT2D eigenvalue weighted by atomic mass is 35.5. The molecule has 0 saturated carbocycles. The third kappa shape index (κ3) is 4.24. The first-order valence-electron chi connectivity index (χ1n) is 7.69. The van der Waals surface area contributed by atoms with E-state index >= 15 is 0 Å². The molecule has 1 aromatic heterocycles. The fourth-order valence-electron chi connectivity index (χ4n) is 2.24. The molecule has 0 atom stereocenters. The van der Waals surface area contributed by atoms with Crippen molar-refractivity contribution in [1.29, 1.82) is 0 Å². The first-order chi connectivity index (χ1) is 13.5. The van der Waals surface area contributed by atoms with Crippen LogP contribution in [0.5, 0.6) is 0 Å². The van der Waals surface area contributed by atoms with Gasteiger partial charge in [-0.05, 0) is 40.8 Å². The van der Waals surface area contributed by atoms with Crippen LogP contribution < -0.4 is 5.43 Å². The maximum atomic E-state index is 11.1. The average molecular weight is 403 g/mol. The molecule has 0 unspecified atom stereocenters. The first-order valence-corrected chi connectivity index (χ1v) is 8.07. The third-order valence-electron chi connectivity index (χ3n) is 3.54. The quantitative estimate of drug-likeness (QED) is 0.359. The number of anilines is 1. The second-order valence-corrected chi connectivity index (χ2v) is 5.76. The highest BCUT2D eigenvalue weighted by Gasteiger charge is 2.19. The van der Waals surface area contributed by atoms with Crippen molar-refractivity contribution in [2.45, 2.75) is 6.42 Å². The smallest absolute Gasteiger partial charge is 0.272 e. The third-order valence-corrected chi connectivity index (χ3v) is 3.80. The molecule has 13 heteroatoms. The van der Waals surface area contributed by atoms with Gasteiger partial charge < -0.3 is 0 Å². The van der Waals surface area contributed by atoms with Crippen LogP contribution in [0.4, 0.5) is 17.1 Å². The van der Waals surface area contributed by atoms with Crippen molar-refractivity contribution >= 4 is 34.9 Å². The Morgan fingerprint density at radius 3 is 2.57 bits per heavy atom. The predicted molar refractivity (Wildman–Crippen MR) is 99.7 cm³/mol. The van der Waals surface area contributed by atoms with Gasteiger partial charge in [-0.2, -0.15) is 9.78 Å². The van der Waals surface area contributed by atoms with E-state index in [2.05, 4.69) is 26.1 Å². The van der Waals surface area contributed by atoms with Gasteiger partial charge in [0.05, 0.1) is 21.6 Å². The Morgan fingerprint density at radius 1 is 1.14 bits per heavy atom. The number of benzene rings is 2. The molecule has 2 aromatic carbocycles. The van der Waals surface area contributed by atoms with E-state index in [9.17, 15) is 20.2 Å². The summed E-state index contributed by atoms with van der Waals surface area (Å²) >= 11 is 5.86. The molecule has 12 nitrogen and oxygen atoms in total. The van der Waals surface area contributed by atoms with Crippen molar-refractivity contribution in [3.8, 4) is 5.69 Å². The SMILES string of the molecule is O=[N+]([O-])c1ccc(NN=CCc2nnnn2-c2ccc(Cl)cc2)c([N+](=O)[O-])c1. The summed E-state index contributed by atoms with van der Waals surface area (Å²) in [6.45, 7) is 0. The number of tetrazole rings is 1. The summed E-state index contributed by atoms with van der Waals surface area (Å²) < 4.78 is 1.50. The number of aromatic nitrogens is 4. The Bertz CT molecular complexity index is 1050. The van der Waals surface area contributed by atoms with Gasteiger partial charge in [-0.1, -0.05) is 11.6 Å². The van der Waals surface area contributed by atoms with Crippen LogP contribution in [0.2, 0.25) is 5.02 Å². The summed E-state index contributed by atoms with van der Waals surface area (Å²) in [5.41, 5.74) is 2.38. The number of rotatable bonds is 7. The maximum absolute atomic E-state index is 11.1. The molecule has 28 heavy (non-hydrogen) atoms. The second kappa shape index (κ2) is 8.18. The lowest BCUT2D eigenvalue weighted by molar-refractivity contribution is -0.393. The zero-order chi connectivity index (χ0) is 20.1. The molecule has 0 spiro atoms. The minimum Gasteiger partial charge on any atom is -0.272 e. The van der Waals surface area contributed by atoms with E-state index in [1.54, 1.807) is 24.3 Å². The molecular formula is C15H11ClN8O4. The fraction of sp³-hybridized carbons (Fsp3) is 0.0667. The largest absolute Gasteiger partial charge is 0.301 e. The Kier molecular flexibility index (Phi) is 5.50. The molecule has 0 bridgehead atoms. The molecule has 0 radical (unpaired) electrons. The topological polar surface area (TPSA) is 154 Å². The lowest BCUT2D eigenvalue weighted by Gasteiger charge is -2.03. The zero-order valence-corrected chi connectivity index (χ0v) is 14.7. The summed E-state index contributed by atoms with van der Waals surface area (Å²) in [4.78, 5) is 20.4. The molecule has 0 saturated heterocycles. The molecule has 0 amide bonds. The van der Waals surface area contributed by atoms with Crippen molar-refractivity contribution in [2.24, 2.45) is 5.10 Å². The van der Waals surface area contributed by atoms with E-state index in [0.717, 1.165) is 12.1 Å². The lowest BCUT2D eigenvalue weighted by Crippen LogP contribution is -2.04. The van der Waals surface area contributed by atoms with E-state index < -0.39 is 15.5 Å². The number of nitrogens with one attached hydrogen (secondary N) is 1. The van der Waals surface area contributed by atoms with Crippen molar-refractivity contribution in [1.82, 2.24) is 20.2 Å². The molecule has 1 N–H and O–H groups in total. The normalized spacial score (nSPS) is 10.9. The number of hydrogen-bond acceptors (Lipinski definition) is 9. The summed E-state index contributed by atoms with van der Waals surface area (Å²) in [6.07, 6.45) is 1.65. The number of nitrogens with zero attached hydrogens (tertiary/aromatic N) is 7. The van der Waals surface area contributed by atoms with E-state index in [0.29, 0.717) is 16.5 Å². The number of nitro benzene ring substituents is 2. The van der Waals surface area contributed by atoms with E-state index in [-0.39, 0.29) is 17.8 Å². The minimum absolute atomic E-state index is 0.0177. The van der Waals surface area contributed by atoms with Gasteiger partial charge in [-0.15, -0.1) is 5.10 Å². The molecule has 0 aliphatic rings. The Balaban J connectivity index is 1.72. The molecule has 142 valence electrons. The zero-order valence-electron chi connectivity index (χ0n) is 14.0. The molecule has 3 rings (SSSR count). The van der Waals surface area contributed by atoms with Crippen molar-refractivity contribution in [3.63, 3.8) is 0 Å². The van der Waals surface area contributed by atoms with Gasteiger partial charge in [0.1, 0.15) is 5.69 Å². The number of halogens is 1. The number of hydrogen-bond donors (Lipinski definition) is 1. The highest BCUT2D eigenvalue weighted by molar-refractivity contribution is 6.30. The number of hydrazone groups is 1. The molecule has 1 heterocycles. The van der Waals surface area contributed by atoms with Gasteiger partial charge in [-0.25, -0.2) is 0 Å². The monoisotopic (exact) mass is 402 g/mol. The Hall–Kier alpha value is -3.93. The van der Waals surface area contributed by atoms with E-state index in [1.165, 1.54) is 17.0 Å². The maximum Gasteiger partial charge on any atom is 0.301 e.